The number of anilines is 1. The van der Waals surface area contributed by atoms with E-state index in [0.29, 0.717) is 35.2 Å². The fourth-order valence-electron chi connectivity index (χ4n) is 1.67. The number of esters is 1. The smallest absolute Gasteiger partial charge is 0.339 e. The van der Waals surface area contributed by atoms with Crippen LogP contribution in [0.1, 0.15) is 17.3 Å². The highest BCUT2D eigenvalue weighted by Gasteiger charge is 2.08. The number of nitrogens with two attached hydrogens (primary N) is 1. The van der Waals surface area contributed by atoms with Crippen LogP contribution in [0.15, 0.2) is 36.5 Å². The molecule has 0 aliphatic rings. The lowest BCUT2D eigenvalue weighted by atomic mass is 10.3. The van der Waals surface area contributed by atoms with Gasteiger partial charge in [0.2, 0.25) is 5.88 Å². The molecule has 2 aromatic rings. The molecule has 2 N–H and O–H groups in total. The second-order valence-electron chi connectivity index (χ2n) is 4.11. The van der Waals surface area contributed by atoms with Gasteiger partial charge in [0.05, 0.1) is 25.0 Å². The van der Waals surface area contributed by atoms with Crippen LogP contribution in [0.4, 0.5) is 5.69 Å². The number of nitrogens with zero attached hydrogens (tertiary/aromatic N) is 1. The number of hydrogen-bond acceptors (Lipinski definition) is 6. The number of carbonyl (C=O) groups excluding carboxylic acids is 1. The highest BCUT2D eigenvalue weighted by molar-refractivity contribution is 5.89. The molecule has 2 rings (SSSR count). The molecular weight excluding hydrogens is 272 g/mol. The molecule has 0 aliphatic carbocycles. The monoisotopic (exact) mass is 288 g/mol. The standard InChI is InChI=1S/C15H16N2O4/c1-3-20-15(18)10-4-7-14(17-9-10)21-11-5-6-13(19-2)12(16)8-11/h4-9H,3,16H2,1-2H3. The van der Waals surface area contributed by atoms with Crippen molar-refractivity contribution in [1.82, 2.24) is 4.98 Å². The van der Waals surface area contributed by atoms with E-state index < -0.39 is 5.97 Å². The summed E-state index contributed by atoms with van der Waals surface area (Å²) in [6, 6.07) is 8.24. The molecule has 0 saturated carbocycles. The second-order valence-corrected chi connectivity index (χ2v) is 4.11. The summed E-state index contributed by atoms with van der Waals surface area (Å²) < 4.78 is 15.5. The molecular formula is C15H16N2O4. The molecule has 1 heterocycles. The quantitative estimate of drug-likeness (QED) is 0.672. The Hall–Kier alpha value is -2.76. The summed E-state index contributed by atoms with van der Waals surface area (Å²) in [5.74, 6) is 1.05. The van der Waals surface area contributed by atoms with Crippen molar-refractivity contribution in [3.63, 3.8) is 0 Å². The number of methoxy groups -OCH3 is 1. The van der Waals surface area contributed by atoms with Gasteiger partial charge in [-0.05, 0) is 25.1 Å². The first-order chi connectivity index (χ1) is 10.1. The predicted molar refractivity (Wildman–Crippen MR) is 77.7 cm³/mol. The van der Waals surface area contributed by atoms with Gasteiger partial charge in [0.1, 0.15) is 11.5 Å². The van der Waals surface area contributed by atoms with Gasteiger partial charge in [-0.3, -0.25) is 0 Å². The van der Waals surface area contributed by atoms with Crippen molar-refractivity contribution in [3.05, 3.63) is 42.1 Å². The van der Waals surface area contributed by atoms with E-state index in [1.807, 2.05) is 0 Å². The minimum absolute atomic E-state index is 0.322. The van der Waals surface area contributed by atoms with Crippen molar-refractivity contribution in [1.29, 1.82) is 0 Å². The molecule has 0 atom stereocenters. The van der Waals surface area contributed by atoms with Crippen molar-refractivity contribution in [2.24, 2.45) is 0 Å². The molecule has 21 heavy (non-hydrogen) atoms. The molecule has 110 valence electrons. The molecule has 1 aromatic heterocycles. The number of benzene rings is 1. The Bertz CT molecular complexity index is 626. The van der Waals surface area contributed by atoms with E-state index in [-0.39, 0.29) is 0 Å². The van der Waals surface area contributed by atoms with E-state index >= 15 is 0 Å². The fourth-order valence-corrected chi connectivity index (χ4v) is 1.67. The molecule has 0 spiro atoms. The number of pyridine rings is 1. The van der Waals surface area contributed by atoms with E-state index in [0.717, 1.165) is 0 Å². The van der Waals surface area contributed by atoms with E-state index in [1.54, 1.807) is 44.4 Å². The zero-order chi connectivity index (χ0) is 15.2. The number of aromatic nitrogens is 1. The summed E-state index contributed by atoms with van der Waals surface area (Å²) in [6.07, 6.45) is 1.40. The van der Waals surface area contributed by atoms with Crippen LogP contribution in [0, 0.1) is 0 Å². The van der Waals surface area contributed by atoms with Gasteiger partial charge in [-0.2, -0.15) is 0 Å². The summed E-state index contributed by atoms with van der Waals surface area (Å²) in [6.45, 7) is 2.07. The van der Waals surface area contributed by atoms with E-state index in [2.05, 4.69) is 4.98 Å². The van der Waals surface area contributed by atoms with Gasteiger partial charge in [-0.15, -0.1) is 0 Å². The lowest BCUT2D eigenvalue weighted by molar-refractivity contribution is 0.0526. The van der Waals surface area contributed by atoms with Crippen LogP contribution in [0.3, 0.4) is 0 Å². The maximum atomic E-state index is 11.5. The lowest BCUT2D eigenvalue weighted by Crippen LogP contribution is -2.04. The summed E-state index contributed by atoms with van der Waals surface area (Å²) in [5, 5.41) is 0. The minimum Gasteiger partial charge on any atom is -0.495 e. The predicted octanol–water partition coefficient (Wildman–Crippen LogP) is 2.64. The van der Waals surface area contributed by atoms with Crippen LogP contribution < -0.4 is 15.2 Å². The minimum atomic E-state index is -0.412. The Morgan fingerprint density at radius 3 is 2.67 bits per heavy atom. The van der Waals surface area contributed by atoms with E-state index in [9.17, 15) is 4.79 Å². The van der Waals surface area contributed by atoms with Crippen LogP contribution in [0.25, 0.3) is 0 Å². The van der Waals surface area contributed by atoms with Crippen molar-refractivity contribution in [2.45, 2.75) is 6.92 Å². The van der Waals surface area contributed by atoms with Gasteiger partial charge < -0.3 is 19.9 Å². The number of nitrogen functional groups attached to an aromatic ring is 1. The van der Waals surface area contributed by atoms with Gasteiger partial charge in [-0.25, -0.2) is 9.78 Å². The molecule has 0 saturated heterocycles. The highest BCUT2D eigenvalue weighted by atomic mass is 16.5. The summed E-state index contributed by atoms with van der Waals surface area (Å²) >= 11 is 0. The van der Waals surface area contributed by atoms with Crippen LogP contribution >= 0.6 is 0 Å². The first kappa shape index (κ1) is 14.6. The lowest BCUT2D eigenvalue weighted by Gasteiger charge is -2.08. The summed E-state index contributed by atoms with van der Waals surface area (Å²) in [4.78, 5) is 15.6. The number of ether oxygens (including phenoxy) is 3. The SMILES string of the molecule is CCOC(=O)c1ccc(Oc2ccc(OC)c(N)c2)nc1. The topological polar surface area (TPSA) is 83.7 Å². The van der Waals surface area contributed by atoms with Crippen molar-refractivity contribution >= 4 is 11.7 Å². The second kappa shape index (κ2) is 6.60. The van der Waals surface area contributed by atoms with Gasteiger partial charge in [0, 0.05) is 18.3 Å². The average Bonchev–Trinajstić information content (AvgIpc) is 2.48. The molecule has 6 nitrogen and oxygen atoms in total. The molecule has 0 aliphatic heterocycles. The van der Waals surface area contributed by atoms with Crippen LogP contribution in [0.2, 0.25) is 0 Å². The van der Waals surface area contributed by atoms with Crippen molar-refractivity contribution < 1.29 is 19.0 Å². The Kier molecular flexibility index (Phi) is 4.61. The Morgan fingerprint density at radius 2 is 2.10 bits per heavy atom. The third-order valence-corrected chi connectivity index (χ3v) is 2.67. The third kappa shape index (κ3) is 3.62. The fraction of sp³-hybridized carbons (Fsp3) is 0.200. The molecule has 0 amide bonds. The first-order valence-electron chi connectivity index (χ1n) is 6.38. The molecule has 1 aromatic carbocycles. The normalized spacial score (nSPS) is 10.0. The Morgan fingerprint density at radius 1 is 1.29 bits per heavy atom. The zero-order valence-corrected chi connectivity index (χ0v) is 11.8. The summed E-state index contributed by atoms with van der Waals surface area (Å²) in [5.41, 5.74) is 6.64. The third-order valence-electron chi connectivity index (χ3n) is 2.67. The Balaban J connectivity index is 2.10. The molecule has 0 bridgehead atoms. The van der Waals surface area contributed by atoms with Gasteiger partial charge >= 0.3 is 5.97 Å². The maximum absolute atomic E-state index is 11.5. The van der Waals surface area contributed by atoms with E-state index in [1.165, 1.54) is 6.20 Å². The van der Waals surface area contributed by atoms with Crippen molar-refractivity contribution in [3.8, 4) is 17.4 Å². The van der Waals surface area contributed by atoms with E-state index in [4.69, 9.17) is 19.9 Å². The molecule has 0 fully saturated rings. The molecule has 0 unspecified atom stereocenters. The Labute approximate surface area is 122 Å². The number of hydrogen-bond donors (Lipinski definition) is 1. The van der Waals surface area contributed by atoms with Crippen LogP contribution in [0.5, 0.6) is 17.4 Å². The zero-order valence-electron chi connectivity index (χ0n) is 11.8. The largest absolute Gasteiger partial charge is 0.495 e. The van der Waals surface area contributed by atoms with Crippen molar-refractivity contribution in [2.75, 3.05) is 19.5 Å². The van der Waals surface area contributed by atoms with Gasteiger partial charge in [0.25, 0.3) is 0 Å². The van der Waals surface area contributed by atoms with Gasteiger partial charge in [0.15, 0.2) is 0 Å². The molecule has 6 heteroatoms. The number of carbonyl (C=O) groups is 1. The first-order valence-corrected chi connectivity index (χ1v) is 6.38. The highest BCUT2D eigenvalue weighted by Crippen LogP contribution is 2.28. The molecule has 0 radical (unpaired) electrons. The van der Waals surface area contributed by atoms with Crippen LogP contribution in [-0.4, -0.2) is 24.7 Å². The maximum Gasteiger partial charge on any atom is 0.339 e. The summed E-state index contributed by atoms with van der Waals surface area (Å²) in [7, 11) is 1.54. The average molecular weight is 288 g/mol. The van der Waals surface area contributed by atoms with Gasteiger partial charge in [-0.1, -0.05) is 0 Å². The van der Waals surface area contributed by atoms with Crippen LogP contribution in [-0.2, 0) is 4.74 Å². The number of rotatable bonds is 5.